The number of hydrogen-bond donors (Lipinski definition) is 2. The second-order valence-electron chi connectivity index (χ2n) is 4.25. The van der Waals surface area contributed by atoms with Crippen LogP contribution in [-0.4, -0.2) is 18.2 Å². The third-order valence-electron chi connectivity index (χ3n) is 2.78. The molecule has 94 valence electrons. The predicted molar refractivity (Wildman–Crippen MR) is 68.6 cm³/mol. The molecule has 2 rings (SSSR count). The second-order valence-corrected chi connectivity index (χ2v) is 4.25. The van der Waals surface area contributed by atoms with Crippen LogP contribution in [0.25, 0.3) is 0 Å². The van der Waals surface area contributed by atoms with Gasteiger partial charge in [-0.15, -0.1) is 0 Å². The molecule has 0 saturated heterocycles. The smallest absolute Gasteiger partial charge is 0.239 e. The van der Waals surface area contributed by atoms with Crippen molar-refractivity contribution in [3.8, 4) is 0 Å². The van der Waals surface area contributed by atoms with Crippen LogP contribution in [0.4, 0.5) is 0 Å². The minimum atomic E-state index is -0.0703. The molecule has 2 N–H and O–H groups in total. The van der Waals surface area contributed by atoms with Gasteiger partial charge in [0.05, 0.1) is 6.54 Å². The lowest BCUT2D eigenvalue weighted by molar-refractivity contribution is -0.120. The van der Waals surface area contributed by atoms with Crippen LogP contribution < -0.4 is 10.6 Å². The van der Waals surface area contributed by atoms with E-state index in [0.717, 1.165) is 11.3 Å². The number of amides is 1. The van der Waals surface area contributed by atoms with Crippen LogP contribution >= 0.6 is 0 Å². The van der Waals surface area contributed by atoms with Gasteiger partial charge in [0, 0.05) is 24.7 Å². The Kier molecular flexibility index (Phi) is 4.12. The zero-order valence-corrected chi connectivity index (χ0v) is 10.1. The summed E-state index contributed by atoms with van der Waals surface area (Å²) in [7, 11) is 0. The van der Waals surface area contributed by atoms with Crippen molar-refractivity contribution in [1.29, 1.82) is 0 Å². The molecule has 1 aromatic rings. The van der Waals surface area contributed by atoms with Crippen LogP contribution in [0.3, 0.4) is 0 Å². The summed E-state index contributed by atoms with van der Waals surface area (Å²) in [6.45, 7) is 0.741. The Morgan fingerprint density at radius 3 is 2.61 bits per heavy atom. The second kappa shape index (κ2) is 6.00. The molecule has 0 spiro atoms. The fourth-order valence-electron chi connectivity index (χ4n) is 1.79. The molecule has 4 nitrogen and oxygen atoms in total. The Hall–Kier alpha value is -2.10. The maximum Gasteiger partial charge on any atom is 0.239 e. The third-order valence-corrected chi connectivity index (χ3v) is 2.78. The first kappa shape index (κ1) is 12.4. The predicted octanol–water partition coefficient (Wildman–Crippen LogP) is 1.14. The van der Waals surface area contributed by atoms with E-state index in [4.69, 9.17) is 0 Å². The van der Waals surface area contributed by atoms with E-state index in [1.807, 2.05) is 30.3 Å². The van der Waals surface area contributed by atoms with E-state index in [-0.39, 0.29) is 18.2 Å². The standard InChI is InChI=1S/C14H16N2O2/c17-13-7-6-12(8-13)15-10-14(18)16-9-11-4-2-1-3-5-11/h1-5,8,15H,6-7,9-10H2,(H,16,18). The van der Waals surface area contributed by atoms with Gasteiger partial charge in [-0.2, -0.15) is 0 Å². The van der Waals surface area contributed by atoms with Gasteiger partial charge < -0.3 is 10.6 Å². The van der Waals surface area contributed by atoms with E-state index in [9.17, 15) is 9.59 Å². The normalized spacial score (nSPS) is 14.2. The summed E-state index contributed by atoms with van der Waals surface area (Å²) in [5.74, 6) is 0.0568. The molecule has 0 atom stereocenters. The molecule has 1 amide bonds. The van der Waals surface area contributed by atoms with E-state index in [2.05, 4.69) is 10.6 Å². The molecule has 0 aromatic heterocycles. The van der Waals surface area contributed by atoms with E-state index in [1.54, 1.807) is 6.08 Å². The Bertz CT molecular complexity index is 466. The van der Waals surface area contributed by atoms with Crippen molar-refractivity contribution in [2.24, 2.45) is 0 Å². The zero-order chi connectivity index (χ0) is 12.8. The molecule has 0 aliphatic heterocycles. The molecule has 1 aromatic carbocycles. The van der Waals surface area contributed by atoms with Crippen LogP contribution in [-0.2, 0) is 16.1 Å². The van der Waals surface area contributed by atoms with Gasteiger partial charge >= 0.3 is 0 Å². The molecule has 1 aliphatic rings. The number of carbonyl (C=O) groups is 2. The molecule has 0 bridgehead atoms. The molecular formula is C14H16N2O2. The molecule has 1 aliphatic carbocycles. The quantitative estimate of drug-likeness (QED) is 0.816. The molecule has 0 unspecified atom stereocenters. The number of hydrogen-bond acceptors (Lipinski definition) is 3. The largest absolute Gasteiger partial charge is 0.379 e. The third kappa shape index (κ3) is 3.73. The molecule has 0 heterocycles. The maximum absolute atomic E-state index is 11.6. The SMILES string of the molecule is O=C1C=C(NCC(=O)NCc2ccccc2)CC1. The van der Waals surface area contributed by atoms with E-state index in [0.29, 0.717) is 19.4 Å². The Morgan fingerprint density at radius 2 is 1.94 bits per heavy atom. The van der Waals surface area contributed by atoms with Crippen molar-refractivity contribution in [3.05, 3.63) is 47.7 Å². The number of benzene rings is 1. The van der Waals surface area contributed by atoms with Gasteiger partial charge in [-0.25, -0.2) is 0 Å². The highest BCUT2D eigenvalue weighted by Gasteiger charge is 2.12. The van der Waals surface area contributed by atoms with Gasteiger partial charge in [-0.1, -0.05) is 30.3 Å². The first-order valence-electron chi connectivity index (χ1n) is 6.02. The number of ketones is 1. The molecule has 0 saturated carbocycles. The van der Waals surface area contributed by atoms with Crippen molar-refractivity contribution in [3.63, 3.8) is 0 Å². The van der Waals surface area contributed by atoms with Crippen molar-refractivity contribution in [1.82, 2.24) is 10.6 Å². The van der Waals surface area contributed by atoms with Gasteiger partial charge in [-0.05, 0) is 12.0 Å². The number of nitrogens with one attached hydrogen (secondary N) is 2. The summed E-state index contributed by atoms with van der Waals surface area (Å²) in [5, 5.41) is 5.80. The summed E-state index contributed by atoms with van der Waals surface area (Å²) in [5.41, 5.74) is 1.93. The summed E-state index contributed by atoms with van der Waals surface area (Å²) in [6, 6.07) is 9.75. The molecule has 4 heteroatoms. The van der Waals surface area contributed by atoms with E-state index >= 15 is 0 Å². The average molecular weight is 244 g/mol. The number of rotatable bonds is 5. The summed E-state index contributed by atoms with van der Waals surface area (Å²) in [6.07, 6.45) is 2.84. The molecule has 18 heavy (non-hydrogen) atoms. The van der Waals surface area contributed by atoms with Gasteiger partial charge in [0.25, 0.3) is 0 Å². The zero-order valence-electron chi connectivity index (χ0n) is 10.1. The van der Waals surface area contributed by atoms with E-state index in [1.165, 1.54) is 0 Å². The number of carbonyl (C=O) groups excluding carboxylic acids is 2. The Morgan fingerprint density at radius 1 is 1.17 bits per heavy atom. The highest BCUT2D eigenvalue weighted by Crippen LogP contribution is 2.10. The minimum absolute atomic E-state index is 0.0703. The van der Waals surface area contributed by atoms with Crippen molar-refractivity contribution < 1.29 is 9.59 Å². The minimum Gasteiger partial charge on any atom is -0.379 e. The van der Waals surface area contributed by atoms with E-state index < -0.39 is 0 Å². The molecule has 0 radical (unpaired) electrons. The Balaban J connectivity index is 1.70. The highest BCUT2D eigenvalue weighted by atomic mass is 16.2. The lowest BCUT2D eigenvalue weighted by atomic mass is 10.2. The molecule has 0 fully saturated rings. The maximum atomic E-state index is 11.6. The van der Waals surface area contributed by atoms with Crippen molar-refractivity contribution in [2.45, 2.75) is 19.4 Å². The summed E-state index contributed by atoms with van der Waals surface area (Å²) in [4.78, 5) is 22.6. The van der Waals surface area contributed by atoms with Gasteiger partial charge in [0.2, 0.25) is 5.91 Å². The van der Waals surface area contributed by atoms with Gasteiger partial charge in [-0.3, -0.25) is 9.59 Å². The lowest BCUT2D eigenvalue weighted by Crippen LogP contribution is -2.32. The first-order valence-corrected chi connectivity index (χ1v) is 6.02. The fraction of sp³-hybridized carbons (Fsp3) is 0.286. The van der Waals surface area contributed by atoms with Crippen molar-refractivity contribution in [2.75, 3.05) is 6.54 Å². The monoisotopic (exact) mass is 244 g/mol. The lowest BCUT2D eigenvalue weighted by Gasteiger charge is -2.08. The van der Waals surface area contributed by atoms with Crippen LogP contribution in [0.5, 0.6) is 0 Å². The van der Waals surface area contributed by atoms with Gasteiger partial charge in [0.1, 0.15) is 0 Å². The van der Waals surface area contributed by atoms with Crippen LogP contribution in [0.15, 0.2) is 42.1 Å². The topological polar surface area (TPSA) is 58.2 Å². The van der Waals surface area contributed by atoms with Crippen molar-refractivity contribution >= 4 is 11.7 Å². The average Bonchev–Trinajstić information content (AvgIpc) is 2.81. The number of allylic oxidation sites excluding steroid dienone is 2. The van der Waals surface area contributed by atoms with Crippen LogP contribution in [0.1, 0.15) is 18.4 Å². The van der Waals surface area contributed by atoms with Crippen LogP contribution in [0, 0.1) is 0 Å². The first-order chi connectivity index (χ1) is 8.74. The summed E-state index contributed by atoms with van der Waals surface area (Å²) >= 11 is 0. The fourth-order valence-corrected chi connectivity index (χ4v) is 1.79. The molecular weight excluding hydrogens is 228 g/mol. The van der Waals surface area contributed by atoms with Crippen LogP contribution in [0.2, 0.25) is 0 Å². The van der Waals surface area contributed by atoms with Gasteiger partial charge in [0.15, 0.2) is 5.78 Å². The highest BCUT2D eigenvalue weighted by molar-refractivity contribution is 5.93. The Labute approximate surface area is 106 Å². The summed E-state index contributed by atoms with van der Waals surface area (Å²) < 4.78 is 0.